The fourth-order valence-corrected chi connectivity index (χ4v) is 4.59. The number of amides is 2. The van der Waals surface area contributed by atoms with Gasteiger partial charge in [-0.3, -0.25) is 19.5 Å². The minimum absolute atomic E-state index is 0.140. The highest BCUT2D eigenvalue weighted by molar-refractivity contribution is 7.14. The Hall–Kier alpha value is -3.89. The molecule has 3 N–H and O–H groups in total. The van der Waals surface area contributed by atoms with Crippen molar-refractivity contribution in [2.75, 3.05) is 17.2 Å². The summed E-state index contributed by atoms with van der Waals surface area (Å²) >= 11 is 0.738. The molecule has 0 spiro atoms. The fraction of sp³-hybridized carbons (Fsp3) is 0.250. The molecule has 2 amide bonds. The molecule has 7 nitrogen and oxygen atoms in total. The summed E-state index contributed by atoms with van der Waals surface area (Å²) in [5.74, 6) is -0.670. The van der Waals surface area contributed by atoms with Crippen LogP contribution in [0.3, 0.4) is 0 Å². The quantitative estimate of drug-likeness (QED) is 0.212. The number of rotatable bonds is 9. The molecule has 0 fully saturated rings. The minimum Gasteiger partial charge on any atom is -0.322 e. The van der Waals surface area contributed by atoms with Crippen LogP contribution in [0.25, 0.3) is 16.7 Å². The summed E-state index contributed by atoms with van der Waals surface area (Å²) in [4.78, 5) is 29.5. The Kier molecular flexibility index (Phi) is 8.03. The predicted molar refractivity (Wildman–Crippen MR) is 148 cm³/mol. The van der Waals surface area contributed by atoms with E-state index < -0.39 is 12.3 Å². The Bertz CT molecular complexity index is 1490. The topological polar surface area (TPSA) is 88.1 Å². The van der Waals surface area contributed by atoms with Gasteiger partial charge in [0.25, 0.3) is 12.3 Å². The molecule has 2 heterocycles. The van der Waals surface area contributed by atoms with Crippen molar-refractivity contribution in [1.82, 2.24) is 14.9 Å². The van der Waals surface area contributed by atoms with E-state index in [0.29, 0.717) is 23.4 Å². The molecule has 0 saturated carbocycles. The number of hydrogen-bond donors (Lipinski definition) is 3. The molecule has 0 bridgehead atoms. The van der Waals surface area contributed by atoms with Crippen molar-refractivity contribution in [1.29, 1.82) is 0 Å². The number of alkyl halides is 2. The second-order valence-corrected chi connectivity index (χ2v) is 11.1. The van der Waals surface area contributed by atoms with Gasteiger partial charge >= 0.3 is 0 Å². The van der Waals surface area contributed by atoms with Crippen LogP contribution in [-0.4, -0.2) is 27.9 Å². The third kappa shape index (κ3) is 6.51. The molecule has 4 rings (SSSR count). The highest BCUT2D eigenvalue weighted by Gasteiger charge is 2.20. The Morgan fingerprint density at radius 3 is 2.58 bits per heavy atom. The maximum atomic E-state index is 13.1. The zero-order chi connectivity index (χ0) is 27.4. The molecule has 0 aliphatic heterocycles. The molecular formula is C28H29F2N5O2S. The minimum atomic E-state index is -2.65. The Morgan fingerprint density at radius 2 is 1.89 bits per heavy atom. The summed E-state index contributed by atoms with van der Waals surface area (Å²) < 4.78 is 27.9. The van der Waals surface area contributed by atoms with Crippen molar-refractivity contribution in [3.05, 3.63) is 82.6 Å². The van der Waals surface area contributed by atoms with Crippen molar-refractivity contribution >= 4 is 45.8 Å². The van der Waals surface area contributed by atoms with Gasteiger partial charge in [-0.25, -0.2) is 13.8 Å². The number of nitrogens with one attached hydrogen (secondary N) is 3. The fourth-order valence-electron chi connectivity index (χ4n) is 3.83. The van der Waals surface area contributed by atoms with Crippen LogP contribution in [0, 0.1) is 5.41 Å². The number of anilines is 2. The highest BCUT2D eigenvalue weighted by Crippen LogP contribution is 2.30. The van der Waals surface area contributed by atoms with Crippen LogP contribution in [-0.2, 0) is 11.3 Å². The van der Waals surface area contributed by atoms with Crippen molar-refractivity contribution < 1.29 is 18.4 Å². The van der Waals surface area contributed by atoms with E-state index in [0.717, 1.165) is 29.0 Å². The molecule has 0 saturated heterocycles. The van der Waals surface area contributed by atoms with Gasteiger partial charge < -0.3 is 10.6 Å². The number of halogens is 2. The maximum Gasteiger partial charge on any atom is 0.272 e. The smallest absolute Gasteiger partial charge is 0.272 e. The van der Waals surface area contributed by atoms with Gasteiger partial charge in [0.05, 0.1) is 26.5 Å². The zero-order valence-corrected chi connectivity index (χ0v) is 22.2. The number of thiophene rings is 1. The van der Waals surface area contributed by atoms with Crippen LogP contribution in [0.2, 0.25) is 0 Å². The molecule has 38 heavy (non-hydrogen) atoms. The van der Waals surface area contributed by atoms with Crippen molar-refractivity contribution in [2.45, 2.75) is 33.7 Å². The molecule has 0 atom stereocenters. The second-order valence-electron chi connectivity index (χ2n) is 9.96. The normalized spacial score (nSPS) is 11.6. The number of hydrogen-bond acceptors (Lipinski definition) is 5. The SMILES string of the molecule is C=CC(=O)Nc1cccc(-n2c(NC(=O)c3ccc(C(F)F)s3)nc3cc(CNCC(C)(C)C)ccc32)c1. The first-order valence-electron chi connectivity index (χ1n) is 12.0. The molecule has 0 unspecified atom stereocenters. The van der Waals surface area contributed by atoms with Gasteiger partial charge in [-0.1, -0.05) is 39.5 Å². The predicted octanol–water partition coefficient (Wildman–Crippen LogP) is 6.54. The van der Waals surface area contributed by atoms with E-state index in [1.165, 1.54) is 18.2 Å². The van der Waals surface area contributed by atoms with E-state index in [1.54, 1.807) is 22.8 Å². The van der Waals surface area contributed by atoms with Crippen molar-refractivity contribution in [3.63, 3.8) is 0 Å². The van der Waals surface area contributed by atoms with Gasteiger partial charge in [-0.2, -0.15) is 0 Å². The standard InChI is InChI=1S/C28H29F2N5O2S/c1-5-24(36)32-18-7-6-8-19(14-18)35-21-10-9-17(15-31-16-28(2,3)4)13-20(21)33-27(35)34-26(37)23-12-11-22(38-23)25(29)30/h5-14,25,31H,1,15-16H2,2-4H3,(H,32,36)(H,33,34,37). The number of fused-ring (bicyclic) bond motifs is 1. The summed E-state index contributed by atoms with van der Waals surface area (Å²) in [6.45, 7) is 11.4. The monoisotopic (exact) mass is 537 g/mol. The highest BCUT2D eigenvalue weighted by atomic mass is 32.1. The number of benzene rings is 2. The van der Waals surface area contributed by atoms with Crippen LogP contribution in [0.4, 0.5) is 20.4 Å². The van der Waals surface area contributed by atoms with E-state index in [9.17, 15) is 18.4 Å². The number of carbonyl (C=O) groups is 2. The molecule has 2 aromatic heterocycles. The molecule has 0 aliphatic rings. The Morgan fingerprint density at radius 1 is 1.11 bits per heavy atom. The van der Waals surface area contributed by atoms with Crippen LogP contribution in [0.5, 0.6) is 0 Å². The van der Waals surface area contributed by atoms with Gasteiger partial charge in [0.1, 0.15) is 0 Å². The molecule has 4 aromatic rings. The Labute approximate surface area is 223 Å². The van der Waals surface area contributed by atoms with E-state index in [1.807, 2.05) is 24.3 Å². The van der Waals surface area contributed by atoms with Crippen LogP contribution >= 0.6 is 11.3 Å². The van der Waals surface area contributed by atoms with Gasteiger partial charge in [-0.05, 0) is 59.5 Å². The van der Waals surface area contributed by atoms with Crippen molar-refractivity contribution in [2.24, 2.45) is 5.41 Å². The lowest BCUT2D eigenvalue weighted by Crippen LogP contribution is -2.26. The summed E-state index contributed by atoms with van der Waals surface area (Å²) in [7, 11) is 0. The summed E-state index contributed by atoms with van der Waals surface area (Å²) in [5.41, 5.74) is 3.72. The summed E-state index contributed by atoms with van der Waals surface area (Å²) in [6.07, 6.45) is -1.47. The van der Waals surface area contributed by atoms with Crippen molar-refractivity contribution in [3.8, 4) is 5.69 Å². The summed E-state index contributed by atoms with van der Waals surface area (Å²) in [6, 6.07) is 15.5. The third-order valence-corrected chi connectivity index (χ3v) is 6.64. The molecule has 0 aliphatic carbocycles. The van der Waals surface area contributed by atoms with E-state index in [-0.39, 0.29) is 27.0 Å². The maximum absolute atomic E-state index is 13.1. The van der Waals surface area contributed by atoms with E-state index >= 15 is 0 Å². The summed E-state index contributed by atoms with van der Waals surface area (Å²) in [5, 5.41) is 8.95. The number of carbonyl (C=O) groups excluding carboxylic acids is 2. The van der Waals surface area contributed by atoms with Gasteiger partial charge in [0.15, 0.2) is 0 Å². The van der Waals surface area contributed by atoms with Crippen LogP contribution < -0.4 is 16.0 Å². The van der Waals surface area contributed by atoms with E-state index in [4.69, 9.17) is 0 Å². The first-order valence-corrected chi connectivity index (χ1v) is 12.8. The molecule has 198 valence electrons. The third-order valence-electron chi connectivity index (χ3n) is 5.55. The first-order chi connectivity index (χ1) is 18.0. The number of imidazole rings is 1. The molecular weight excluding hydrogens is 508 g/mol. The lowest BCUT2D eigenvalue weighted by Gasteiger charge is -2.18. The average Bonchev–Trinajstić information content (AvgIpc) is 3.48. The molecule has 2 aromatic carbocycles. The largest absolute Gasteiger partial charge is 0.322 e. The van der Waals surface area contributed by atoms with Gasteiger partial charge in [-0.15, -0.1) is 11.3 Å². The lowest BCUT2D eigenvalue weighted by atomic mass is 9.97. The van der Waals surface area contributed by atoms with Crippen LogP contribution in [0.1, 0.15) is 47.3 Å². The molecule has 0 radical (unpaired) electrons. The van der Waals surface area contributed by atoms with Gasteiger partial charge in [0.2, 0.25) is 11.9 Å². The van der Waals surface area contributed by atoms with E-state index in [2.05, 4.69) is 48.3 Å². The second kappa shape index (κ2) is 11.2. The zero-order valence-electron chi connectivity index (χ0n) is 21.3. The van der Waals surface area contributed by atoms with Crippen LogP contribution in [0.15, 0.2) is 67.3 Å². The average molecular weight is 538 g/mol. The lowest BCUT2D eigenvalue weighted by molar-refractivity contribution is -0.111. The Balaban J connectivity index is 1.72. The molecule has 10 heteroatoms. The number of nitrogens with zero attached hydrogens (tertiary/aromatic N) is 2. The number of aromatic nitrogens is 2. The van der Waals surface area contributed by atoms with Gasteiger partial charge in [0, 0.05) is 18.8 Å². The first kappa shape index (κ1) is 27.2.